The van der Waals surface area contributed by atoms with Crippen LogP contribution in [-0.2, 0) is 11.3 Å². The monoisotopic (exact) mass is 423 g/mol. The molecule has 0 saturated carbocycles. The van der Waals surface area contributed by atoms with E-state index in [0.29, 0.717) is 15.8 Å². The van der Waals surface area contributed by atoms with Crippen molar-refractivity contribution in [3.63, 3.8) is 0 Å². The number of nitrogens with zero attached hydrogens (tertiary/aromatic N) is 2. The van der Waals surface area contributed by atoms with Gasteiger partial charge in [0.15, 0.2) is 0 Å². The van der Waals surface area contributed by atoms with Crippen LogP contribution in [0.1, 0.15) is 12.0 Å². The number of amides is 1. The predicted octanol–water partition coefficient (Wildman–Crippen LogP) is 3.60. The summed E-state index contributed by atoms with van der Waals surface area (Å²) in [7, 11) is 0. The van der Waals surface area contributed by atoms with Gasteiger partial charge in [-0.15, -0.1) is 0 Å². The molecule has 0 unspecified atom stereocenters. The molecule has 8 heteroatoms. The first-order chi connectivity index (χ1) is 11.6. The number of halogens is 1. The van der Waals surface area contributed by atoms with E-state index in [1.165, 1.54) is 11.8 Å². The van der Waals surface area contributed by atoms with E-state index in [2.05, 4.69) is 26.2 Å². The zero-order chi connectivity index (χ0) is 16.9. The normalized spacial score (nSPS) is 15.8. The Morgan fingerprint density at radius 3 is 3.04 bits per heavy atom. The van der Waals surface area contributed by atoms with E-state index >= 15 is 0 Å². The zero-order valence-corrected chi connectivity index (χ0v) is 15.8. The number of carbonyl (C=O) groups excluding carboxylic acids is 1. The molecule has 3 rings (SSSR count). The van der Waals surface area contributed by atoms with Crippen LogP contribution in [0, 0.1) is 0 Å². The van der Waals surface area contributed by atoms with E-state index in [9.17, 15) is 4.79 Å². The fraction of sp³-hybridized carbons (Fsp3) is 0.188. The lowest BCUT2D eigenvalue weighted by atomic mass is 10.2. The van der Waals surface area contributed by atoms with Crippen LogP contribution in [0.2, 0.25) is 0 Å². The van der Waals surface area contributed by atoms with Crippen molar-refractivity contribution >= 4 is 56.2 Å². The number of thiocarbonyl (C=S) groups is 1. The van der Waals surface area contributed by atoms with Gasteiger partial charge in [-0.25, -0.2) is 4.98 Å². The van der Waals surface area contributed by atoms with Crippen LogP contribution >= 0.6 is 39.9 Å². The molecule has 1 N–H and O–H groups in total. The number of benzene rings is 1. The Labute approximate surface area is 157 Å². The van der Waals surface area contributed by atoms with E-state index in [-0.39, 0.29) is 5.91 Å². The van der Waals surface area contributed by atoms with Crippen molar-refractivity contribution in [1.29, 1.82) is 0 Å². The highest BCUT2D eigenvalue weighted by Crippen LogP contribution is 2.31. The Morgan fingerprint density at radius 2 is 2.33 bits per heavy atom. The third-order valence-electron chi connectivity index (χ3n) is 3.28. The molecule has 1 aliphatic heterocycles. The number of aromatic nitrogens is 2. The highest BCUT2D eigenvalue weighted by molar-refractivity contribution is 9.10. The first-order valence-corrected chi connectivity index (χ1v) is 9.26. The largest absolute Gasteiger partial charge is 0.493 e. The van der Waals surface area contributed by atoms with Gasteiger partial charge in [-0.1, -0.05) is 39.9 Å². The molecule has 2 aromatic rings. The molecule has 1 saturated heterocycles. The lowest BCUT2D eigenvalue weighted by Crippen LogP contribution is -2.17. The highest BCUT2D eigenvalue weighted by Gasteiger charge is 2.22. The summed E-state index contributed by atoms with van der Waals surface area (Å²) in [6.45, 7) is 1.42. The number of aryl methyl sites for hydroxylation is 1. The molecular formula is C16H14BrN3O2S2. The topological polar surface area (TPSA) is 56.1 Å². The molecule has 124 valence electrons. The summed E-state index contributed by atoms with van der Waals surface area (Å²) in [5, 5.41) is 2.62. The van der Waals surface area contributed by atoms with Gasteiger partial charge in [-0.2, -0.15) is 0 Å². The van der Waals surface area contributed by atoms with Crippen molar-refractivity contribution in [2.24, 2.45) is 0 Å². The average Bonchev–Trinajstić information content (AvgIpc) is 3.16. The van der Waals surface area contributed by atoms with Crippen LogP contribution in [0.5, 0.6) is 5.75 Å². The first kappa shape index (κ1) is 17.2. The van der Waals surface area contributed by atoms with Gasteiger partial charge in [0.1, 0.15) is 10.1 Å². The maximum Gasteiger partial charge on any atom is 0.263 e. The molecular weight excluding hydrogens is 410 g/mol. The van der Waals surface area contributed by atoms with Crippen molar-refractivity contribution in [3.05, 3.63) is 51.9 Å². The molecule has 0 spiro atoms. The minimum absolute atomic E-state index is 0.170. The van der Waals surface area contributed by atoms with Crippen LogP contribution in [0.25, 0.3) is 6.08 Å². The minimum atomic E-state index is -0.170. The molecule has 1 aromatic carbocycles. The maximum atomic E-state index is 11.8. The van der Waals surface area contributed by atoms with Gasteiger partial charge < -0.3 is 14.6 Å². The zero-order valence-electron chi connectivity index (χ0n) is 12.6. The second kappa shape index (κ2) is 7.96. The average molecular weight is 424 g/mol. The van der Waals surface area contributed by atoms with E-state index in [4.69, 9.17) is 17.0 Å². The van der Waals surface area contributed by atoms with Crippen molar-refractivity contribution < 1.29 is 9.53 Å². The molecule has 1 amide bonds. The summed E-state index contributed by atoms with van der Waals surface area (Å²) in [4.78, 5) is 16.4. The van der Waals surface area contributed by atoms with E-state index < -0.39 is 0 Å². The fourth-order valence-corrected chi connectivity index (χ4v) is 3.59. The first-order valence-electron chi connectivity index (χ1n) is 7.25. The quantitative estimate of drug-likeness (QED) is 0.436. The molecule has 0 radical (unpaired) electrons. The SMILES string of the molecule is O=C1NC(=S)S/C1=C\c1cc(Br)ccc1OCCCn1ccnc1. The molecule has 1 aromatic heterocycles. The van der Waals surface area contributed by atoms with Gasteiger partial charge in [0.2, 0.25) is 0 Å². The molecule has 5 nitrogen and oxygen atoms in total. The van der Waals surface area contributed by atoms with Gasteiger partial charge in [-0.3, -0.25) is 4.79 Å². The van der Waals surface area contributed by atoms with E-state index in [1.807, 2.05) is 29.0 Å². The van der Waals surface area contributed by atoms with E-state index in [0.717, 1.165) is 28.8 Å². The summed E-state index contributed by atoms with van der Waals surface area (Å²) < 4.78 is 9.30. The smallest absolute Gasteiger partial charge is 0.263 e. The summed E-state index contributed by atoms with van der Waals surface area (Å²) in [6.07, 6.45) is 8.13. The molecule has 0 bridgehead atoms. The lowest BCUT2D eigenvalue weighted by Gasteiger charge is -2.10. The molecule has 1 fully saturated rings. The van der Waals surface area contributed by atoms with Crippen LogP contribution in [0.4, 0.5) is 0 Å². The Kier molecular flexibility index (Phi) is 5.70. The Morgan fingerprint density at radius 1 is 1.46 bits per heavy atom. The number of rotatable bonds is 6. The maximum absolute atomic E-state index is 11.8. The lowest BCUT2D eigenvalue weighted by molar-refractivity contribution is -0.115. The number of imidazole rings is 1. The Balaban J connectivity index is 1.68. The standard InChI is InChI=1S/C16H14BrN3O2S2/c17-12-2-3-13(22-7-1-5-20-6-4-18-10-20)11(8-12)9-14-15(21)19-16(23)24-14/h2-4,6,8-10H,1,5,7H2,(H,19,21,23)/b14-9-. The second-order valence-corrected chi connectivity index (χ2v) is 7.67. The number of ether oxygens (including phenoxy) is 1. The molecule has 24 heavy (non-hydrogen) atoms. The van der Waals surface area contributed by atoms with Crippen molar-refractivity contribution in [2.75, 3.05) is 6.61 Å². The van der Waals surface area contributed by atoms with Crippen LogP contribution in [0.15, 0.2) is 46.3 Å². The summed E-state index contributed by atoms with van der Waals surface area (Å²) in [6, 6.07) is 5.73. The number of hydrogen-bond acceptors (Lipinski definition) is 5. The Hall–Kier alpha value is -1.64. The van der Waals surface area contributed by atoms with Crippen molar-refractivity contribution in [3.8, 4) is 5.75 Å². The molecule has 2 heterocycles. The van der Waals surface area contributed by atoms with Gasteiger partial charge in [0.25, 0.3) is 5.91 Å². The fourth-order valence-electron chi connectivity index (χ4n) is 2.17. The highest BCUT2D eigenvalue weighted by atomic mass is 79.9. The van der Waals surface area contributed by atoms with Crippen LogP contribution in [-0.4, -0.2) is 26.4 Å². The van der Waals surface area contributed by atoms with Crippen LogP contribution in [0.3, 0.4) is 0 Å². The van der Waals surface area contributed by atoms with Crippen molar-refractivity contribution in [2.45, 2.75) is 13.0 Å². The van der Waals surface area contributed by atoms with Gasteiger partial charge in [-0.05, 0) is 30.7 Å². The predicted molar refractivity (Wildman–Crippen MR) is 103 cm³/mol. The van der Waals surface area contributed by atoms with Gasteiger partial charge in [0.05, 0.1) is 17.8 Å². The Bertz CT molecular complexity index is 791. The van der Waals surface area contributed by atoms with E-state index in [1.54, 1.807) is 18.6 Å². The molecule has 0 aliphatic carbocycles. The minimum Gasteiger partial charge on any atom is -0.493 e. The number of thioether (sulfide) groups is 1. The van der Waals surface area contributed by atoms with Crippen LogP contribution < -0.4 is 10.1 Å². The summed E-state index contributed by atoms with van der Waals surface area (Å²) in [5.74, 6) is 0.568. The second-order valence-electron chi connectivity index (χ2n) is 5.04. The summed E-state index contributed by atoms with van der Waals surface area (Å²) >= 11 is 9.73. The molecule has 1 aliphatic rings. The molecule has 0 atom stereocenters. The third-order valence-corrected chi connectivity index (χ3v) is 4.93. The number of nitrogens with one attached hydrogen (secondary N) is 1. The van der Waals surface area contributed by atoms with Gasteiger partial charge in [0, 0.05) is 29.0 Å². The van der Waals surface area contributed by atoms with Crippen molar-refractivity contribution in [1.82, 2.24) is 14.9 Å². The number of hydrogen-bond donors (Lipinski definition) is 1. The summed E-state index contributed by atoms with van der Waals surface area (Å²) in [5.41, 5.74) is 0.842. The van der Waals surface area contributed by atoms with Gasteiger partial charge >= 0.3 is 0 Å². The number of carbonyl (C=O) groups is 1. The third kappa shape index (κ3) is 4.46.